The summed E-state index contributed by atoms with van der Waals surface area (Å²) in [5.74, 6) is 0.239. The Balaban J connectivity index is 1.15. The number of aromatic nitrogens is 1. The lowest BCUT2D eigenvalue weighted by molar-refractivity contribution is 0.458. The molecule has 0 amide bonds. The maximum Gasteiger partial charge on any atom is 0.0947 e. The largest absolute Gasteiger partial charge is 0.372 e. The van der Waals surface area contributed by atoms with Crippen molar-refractivity contribution in [1.82, 2.24) is 4.98 Å². The Labute approximate surface area is 321 Å². The highest BCUT2D eigenvalue weighted by molar-refractivity contribution is 6.02. The molecule has 3 atom stereocenters. The van der Waals surface area contributed by atoms with Gasteiger partial charge in [0.2, 0.25) is 0 Å². The van der Waals surface area contributed by atoms with Crippen molar-refractivity contribution in [2.24, 2.45) is 5.92 Å². The second kappa shape index (κ2) is 12.7. The number of benzene rings is 7. The highest BCUT2D eigenvalue weighted by Crippen LogP contribution is 2.63. The minimum absolute atomic E-state index is 0.0861. The fourth-order valence-electron chi connectivity index (χ4n) is 9.83. The van der Waals surface area contributed by atoms with Crippen LogP contribution in [-0.4, -0.2) is 4.98 Å². The van der Waals surface area contributed by atoms with Gasteiger partial charge in [0, 0.05) is 17.2 Å². The zero-order valence-electron chi connectivity index (χ0n) is 30.3. The van der Waals surface area contributed by atoms with Gasteiger partial charge in [-0.05, 0) is 73.0 Å². The maximum absolute atomic E-state index is 5.49. The van der Waals surface area contributed by atoms with Crippen molar-refractivity contribution in [2.75, 3.05) is 5.32 Å². The molecule has 3 unspecified atom stereocenters. The molecule has 1 aliphatic heterocycles. The van der Waals surface area contributed by atoms with E-state index in [2.05, 4.69) is 212 Å². The molecule has 0 saturated carbocycles. The third-order valence-electron chi connectivity index (χ3n) is 12.2. The molecule has 0 fully saturated rings. The number of hydrogen-bond acceptors (Lipinski definition) is 2. The molecule has 1 aromatic heterocycles. The van der Waals surface area contributed by atoms with E-state index in [9.17, 15) is 0 Å². The third kappa shape index (κ3) is 4.91. The van der Waals surface area contributed by atoms with Crippen molar-refractivity contribution >= 4 is 39.0 Å². The minimum Gasteiger partial charge on any atom is -0.372 e. The van der Waals surface area contributed by atoms with Crippen LogP contribution in [0.4, 0.5) is 5.69 Å². The normalized spacial score (nSPS) is 19.0. The van der Waals surface area contributed by atoms with Crippen LogP contribution in [0.2, 0.25) is 0 Å². The van der Waals surface area contributed by atoms with E-state index in [1.165, 1.54) is 49.7 Å². The fraction of sp³-hybridized carbons (Fsp3) is 0.0755. The van der Waals surface area contributed by atoms with Gasteiger partial charge in [0.15, 0.2) is 0 Å². The van der Waals surface area contributed by atoms with Crippen molar-refractivity contribution in [3.63, 3.8) is 0 Å². The lowest BCUT2D eigenvalue weighted by Gasteiger charge is -2.39. The fourth-order valence-corrected chi connectivity index (χ4v) is 9.83. The van der Waals surface area contributed by atoms with E-state index >= 15 is 0 Å². The van der Waals surface area contributed by atoms with Gasteiger partial charge in [-0.1, -0.05) is 194 Å². The monoisotopic (exact) mass is 702 g/mol. The lowest BCUT2D eigenvalue weighted by Crippen LogP contribution is -2.35. The van der Waals surface area contributed by atoms with Crippen molar-refractivity contribution in [2.45, 2.75) is 17.4 Å². The Hall–Kier alpha value is -6.77. The topological polar surface area (TPSA) is 24.9 Å². The van der Waals surface area contributed by atoms with Crippen molar-refractivity contribution < 1.29 is 0 Å². The standard InChI is InChI=1S/C53H38N2/c1-5-15-35(16-6-1)47-31-28-37-25-26-38-29-32-48(55-52(38)51(37)54-47)40-27-30-44-45(34-40)53(41-20-9-3-10-21-41,42-22-11-4-12-23-42)46-33-39-19-13-14-24-43(39)49(50(44)46)36-17-7-2-8-18-36/h1-34,44-45,47,54H. The van der Waals surface area contributed by atoms with Crippen molar-refractivity contribution in [1.29, 1.82) is 0 Å². The number of anilines is 1. The van der Waals surface area contributed by atoms with Crippen LogP contribution >= 0.6 is 0 Å². The Morgan fingerprint density at radius 1 is 0.564 bits per heavy atom. The van der Waals surface area contributed by atoms with Gasteiger partial charge in [0.1, 0.15) is 0 Å². The first kappa shape index (κ1) is 31.7. The Morgan fingerprint density at radius 3 is 1.96 bits per heavy atom. The zero-order chi connectivity index (χ0) is 36.3. The first-order valence-electron chi connectivity index (χ1n) is 19.3. The Morgan fingerprint density at radius 2 is 1.22 bits per heavy atom. The molecular weight excluding hydrogens is 665 g/mol. The molecule has 260 valence electrons. The molecule has 0 spiro atoms. The molecule has 55 heavy (non-hydrogen) atoms. The SMILES string of the molecule is C1=CC2c3c(cc4ccccc4c3-c3ccccc3)C(c3ccccc3)(c3ccccc3)C2C=C1c1ccc2ccc3c(c2n1)NC(c1ccccc1)C=C3. The molecule has 7 aromatic carbocycles. The second-order valence-electron chi connectivity index (χ2n) is 15.1. The summed E-state index contributed by atoms with van der Waals surface area (Å²) in [6, 6.07) is 64.5. The van der Waals surface area contributed by atoms with E-state index < -0.39 is 5.41 Å². The van der Waals surface area contributed by atoms with E-state index in [4.69, 9.17) is 4.98 Å². The first-order chi connectivity index (χ1) is 27.3. The summed E-state index contributed by atoms with van der Waals surface area (Å²) in [5.41, 5.74) is 14.2. The zero-order valence-corrected chi connectivity index (χ0v) is 30.3. The molecule has 8 aromatic rings. The molecule has 2 heteroatoms. The molecule has 2 heterocycles. The summed E-state index contributed by atoms with van der Waals surface area (Å²) in [6.07, 6.45) is 11.8. The van der Waals surface area contributed by atoms with Crippen LogP contribution in [0, 0.1) is 5.92 Å². The maximum atomic E-state index is 5.49. The van der Waals surface area contributed by atoms with Crippen LogP contribution in [-0.2, 0) is 5.41 Å². The predicted molar refractivity (Wildman–Crippen MR) is 229 cm³/mol. The number of nitrogens with zero attached hydrogens (tertiary/aromatic N) is 1. The highest BCUT2D eigenvalue weighted by atomic mass is 14.9. The average Bonchev–Trinajstić information content (AvgIpc) is 3.56. The van der Waals surface area contributed by atoms with E-state index in [-0.39, 0.29) is 17.9 Å². The number of nitrogens with one attached hydrogen (secondary N) is 1. The smallest absolute Gasteiger partial charge is 0.0947 e. The van der Waals surface area contributed by atoms with Crippen LogP contribution in [0.25, 0.3) is 44.5 Å². The van der Waals surface area contributed by atoms with Gasteiger partial charge in [0.25, 0.3) is 0 Å². The molecule has 3 aliphatic rings. The van der Waals surface area contributed by atoms with Crippen molar-refractivity contribution in [3.8, 4) is 11.1 Å². The van der Waals surface area contributed by atoms with Crippen LogP contribution in [0.15, 0.2) is 200 Å². The van der Waals surface area contributed by atoms with E-state index in [1.807, 2.05) is 0 Å². The van der Waals surface area contributed by atoms with Gasteiger partial charge in [-0.2, -0.15) is 0 Å². The Bertz CT molecular complexity index is 2800. The van der Waals surface area contributed by atoms with Gasteiger partial charge in [-0.3, -0.25) is 0 Å². The minimum atomic E-state index is -0.447. The van der Waals surface area contributed by atoms with E-state index in [1.54, 1.807) is 0 Å². The molecule has 11 rings (SSSR count). The summed E-state index contributed by atoms with van der Waals surface area (Å²) in [4.78, 5) is 5.49. The average molecular weight is 703 g/mol. The summed E-state index contributed by atoms with van der Waals surface area (Å²) in [6.45, 7) is 0. The number of hydrogen-bond donors (Lipinski definition) is 1. The first-order valence-corrected chi connectivity index (χ1v) is 19.3. The summed E-state index contributed by atoms with van der Waals surface area (Å²) >= 11 is 0. The number of rotatable bonds is 5. The quantitative estimate of drug-likeness (QED) is 0.193. The number of fused-ring (bicyclic) bond motifs is 7. The molecular formula is C53H38N2. The van der Waals surface area contributed by atoms with E-state index in [0.29, 0.717) is 0 Å². The molecule has 1 N–H and O–H groups in total. The van der Waals surface area contributed by atoms with Gasteiger partial charge >= 0.3 is 0 Å². The van der Waals surface area contributed by atoms with Gasteiger partial charge < -0.3 is 5.32 Å². The van der Waals surface area contributed by atoms with Crippen LogP contribution in [0.3, 0.4) is 0 Å². The van der Waals surface area contributed by atoms with Gasteiger partial charge in [-0.15, -0.1) is 0 Å². The second-order valence-corrected chi connectivity index (χ2v) is 15.1. The van der Waals surface area contributed by atoms with Gasteiger partial charge in [0.05, 0.1) is 28.4 Å². The number of allylic oxidation sites excluding steroid dienone is 4. The molecule has 0 bridgehead atoms. The van der Waals surface area contributed by atoms with Gasteiger partial charge in [-0.25, -0.2) is 4.98 Å². The van der Waals surface area contributed by atoms with E-state index in [0.717, 1.165) is 33.4 Å². The molecule has 0 saturated heterocycles. The molecule has 2 nitrogen and oxygen atoms in total. The van der Waals surface area contributed by atoms with Crippen LogP contribution < -0.4 is 5.32 Å². The predicted octanol–water partition coefficient (Wildman–Crippen LogP) is 12.9. The van der Waals surface area contributed by atoms with Crippen LogP contribution in [0.1, 0.15) is 51.0 Å². The summed E-state index contributed by atoms with van der Waals surface area (Å²) in [7, 11) is 0. The van der Waals surface area contributed by atoms with Crippen molar-refractivity contribution in [3.05, 3.63) is 239 Å². The summed E-state index contributed by atoms with van der Waals surface area (Å²) in [5, 5.41) is 7.53. The van der Waals surface area contributed by atoms with Crippen LogP contribution in [0.5, 0.6) is 0 Å². The molecule has 0 radical (unpaired) electrons. The third-order valence-corrected chi connectivity index (χ3v) is 12.2. The Kier molecular flexibility index (Phi) is 7.31. The molecule has 2 aliphatic carbocycles. The number of pyridine rings is 1. The highest BCUT2D eigenvalue weighted by Gasteiger charge is 2.54. The lowest BCUT2D eigenvalue weighted by atomic mass is 9.62. The summed E-state index contributed by atoms with van der Waals surface area (Å²) < 4.78 is 0.